The molecule has 0 amide bonds. The van der Waals surface area contributed by atoms with Crippen LogP contribution in [0, 0.1) is 0 Å². The number of nitrogens with zero attached hydrogens (tertiary/aromatic N) is 1. The summed E-state index contributed by atoms with van der Waals surface area (Å²) in [6.07, 6.45) is -4.93. The van der Waals surface area contributed by atoms with Crippen LogP contribution in [0.1, 0.15) is 12.7 Å². The molecule has 0 saturated heterocycles. The van der Waals surface area contributed by atoms with Crippen LogP contribution in [0.4, 0.5) is 13.2 Å². The van der Waals surface area contributed by atoms with Gasteiger partial charge in [0.25, 0.3) is 0 Å². The Morgan fingerprint density at radius 1 is 1.04 bits per heavy atom. The number of fused-ring (bicyclic) bond motifs is 1. The lowest BCUT2D eigenvalue weighted by Gasteiger charge is -2.23. The molecule has 0 bridgehead atoms. The molecular formula is C16H13F3N2O3S. The van der Waals surface area contributed by atoms with Gasteiger partial charge in [-0.1, -0.05) is 18.2 Å². The van der Waals surface area contributed by atoms with Crippen LogP contribution in [0.3, 0.4) is 0 Å². The predicted molar refractivity (Wildman–Crippen MR) is 83.6 cm³/mol. The van der Waals surface area contributed by atoms with Crippen LogP contribution in [0.5, 0.6) is 0 Å². The first-order valence-electron chi connectivity index (χ1n) is 7.13. The van der Waals surface area contributed by atoms with Crippen molar-refractivity contribution in [1.82, 2.24) is 9.97 Å². The van der Waals surface area contributed by atoms with E-state index in [4.69, 9.17) is 0 Å². The minimum atomic E-state index is -4.93. The first-order valence-corrected chi connectivity index (χ1v) is 8.61. The molecule has 9 heteroatoms. The maximum Gasteiger partial charge on any atom is 0.424 e. The lowest BCUT2D eigenvalue weighted by atomic mass is 10.1. The Hall–Kier alpha value is -2.39. The van der Waals surface area contributed by atoms with Gasteiger partial charge in [0.15, 0.2) is 0 Å². The maximum absolute atomic E-state index is 12.9. The van der Waals surface area contributed by atoms with E-state index in [9.17, 15) is 26.7 Å². The van der Waals surface area contributed by atoms with E-state index >= 15 is 0 Å². The molecule has 0 aliphatic carbocycles. The number of aromatic nitrogens is 2. The van der Waals surface area contributed by atoms with E-state index in [1.165, 1.54) is 30.3 Å². The molecule has 3 rings (SSSR count). The van der Waals surface area contributed by atoms with Crippen molar-refractivity contribution >= 4 is 20.9 Å². The summed E-state index contributed by atoms with van der Waals surface area (Å²) in [6, 6.07) is 11.4. The van der Waals surface area contributed by atoms with Gasteiger partial charge in [-0.05, 0) is 37.3 Å². The van der Waals surface area contributed by atoms with E-state index < -0.39 is 27.4 Å². The molecule has 2 aromatic carbocycles. The zero-order valence-electron chi connectivity index (χ0n) is 12.9. The summed E-state index contributed by atoms with van der Waals surface area (Å²) in [5.41, 5.74) is -2.98. The third-order valence-corrected chi connectivity index (χ3v) is 5.60. The SMILES string of the molecule is C[C@@](O)(c1nc2ccc(S(=O)(=O)c3ccccc3)cc2[nH]1)C(F)(F)F. The second-order valence-corrected chi connectivity index (χ2v) is 7.60. The molecule has 0 radical (unpaired) electrons. The average molecular weight is 370 g/mol. The number of H-pyrrole nitrogens is 1. The molecule has 0 fully saturated rings. The van der Waals surface area contributed by atoms with Gasteiger partial charge < -0.3 is 10.1 Å². The summed E-state index contributed by atoms with van der Waals surface area (Å²) >= 11 is 0. The summed E-state index contributed by atoms with van der Waals surface area (Å²) in [5, 5.41) is 9.69. The standard InChI is InChI=1S/C16H13F3N2O3S/c1-15(22,16(17,18)19)14-20-12-8-7-11(9-13(12)21-14)25(23,24)10-5-3-2-4-6-10/h2-9,22H,1H3,(H,20,21)/t15-/m1/s1. The Kier molecular flexibility index (Phi) is 3.88. The Labute approximate surface area is 141 Å². The van der Waals surface area contributed by atoms with E-state index in [1.807, 2.05) is 0 Å². The molecular weight excluding hydrogens is 357 g/mol. The van der Waals surface area contributed by atoms with Crippen LogP contribution >= 0.6 is 0 Å². The summed E-state index contributed by atoms with van der Waals surface area (Å²) in [4.78, 5) is 6.06. The van der Waals surface area contributed by atoms with Gasteiger partial charge >= 0.3 is 6.18 Å². The second-order valence-electron chi connectivity index (χ2n) is 5.65. The van der Waals surface area contributed by atoms with Crippen LogP contribution in [0.15, 0.2) is 58.3 Å². The highest BCUT2D eigenvalue weighted by Gasteiger charge is 2.53. The minimum Gasteiger partial charge on any atom is -0.374 e. The fourth-order valence-electron chi connectivity index (χ4n) is 2.26. The van der Waals surface area contributed by atoms with E-state index in [-0.39, 0.29) is 20.8 Å². The predicted octanol–water partition coefficient (Wildman–Crippen LogP) is 3.17. The number of benzene rings is 2. The minimum absolute atomic E-state index is 0.0661. The Balaban J connectivity index is 2.11. The highest BCUT2D eigenvalue weighted by atomic mass is 32.2. The van der Waals surface area contributed by atoms with E-state index in [0.29, 0.717) is 6.92 Å². The zero-order chi connectivity index (χ0) is 18.5. The summed E-state index contributed by atoms with van der Waals surface area (Å²) in [6.45, 7) is 0.576. The topological polar surface area (TPSA) is 83.1 Å². The highest BCUT2D eigenvalue weighted by Crippen LogP contribution is 2.38. The molecule has 3 aromatic rings. The van der Waals surface area contributed by atoms with Gasteiger partial charge in [-0.3, -0.25) is 0 Å². The van der Waals surface area contributed by atoms with Gasteiger partial charge in [-0.25, -0.2) is 13.4 Å². The van der Waals surface area contributed by atoms with Crippen molar-refractivity contribution in [3.63, 3.8) is 0 Å². The van der Waals surface area contributed by atoms with Crippen LogP contribution < -0.4 is 0 Å². The Morgan fingerprint density at radius 3 is 2.28 bits per heavy atom. The molecule has 2 N–H and O–H groups in total. The van der Waals surface area contributed by atoms with Gasteiger partial charge in [-0.2, -0.15) is 13.2 Å². The van der Waals surface area contributed by atoms with Gasteiger partial charge in [0.05, 0.1) is 20.8 Å². The smallest absolute Gasteiger partial charge is 0.374 e. The molecule has 0 aliphatic rings. The van der Waals surface area contributed by atoms with Crippen LogP contribution in [-0.2, 0) is 15.4 Å². The number of aromatic amines is 1. The molecule has 1 aromatic heterocycles. The number of halogens is 3. The van der Waals surface area contributed by atoms with Crippen molar-refractivity contribution < 1.29 is 26.7 Å². The number of hydrogen-bond donors (Lipinski definition) is 2. The summed E-state index contributed by atoms with van der Waals surface area (Å²) in [5.74, 6) is -0.704. The molecule has 132 valence electrons. The van der Waals surface area contributed by atoms with Gasteiger partial charge in [0.1, 0.15) is 5.82 Å². The van der Waals surface area contributed by atoms with Crippen LogP contribution in [-0.4, -0.2) is 29.7 Å². The monoisotopic (exact) mass is 370 g/mol. The lowest BCUT2D eigenvalue weighted by Crippen LogP contribution is -2.40. The normalized spacial score (nSPS) is 15.2. The van der Waals surface area contributed by atoms with Gasteiger partial charge in [0.2, 0.25) is 15.4 Å². The summed E-state index contributed by atoms with van der Waals surface area (Å²) < 4.78 is 63.9. The first kappa shape index (κ1) is 17.4. The number of rotatable bonds is 3. The third kappa shape index (κ3) is 2.89. The third-order valence-electron chi connectivity index (χ3n) is 3.83. The number of hydrogen-bond acceptors (Lipinski definition) is 4. The van der Waals surface area contributed by atoms with Crippen LogP contribution in [0.2, 0.25) is 0 Å². The molecule has 5 nitrogen and oxygen atoms in total. The van der Waals surface area contributed by atoms with Crippen LogP contribution in [0.25, 0.3) is 11.0 Å². The van der Waals surface area contributed by atoms with Crippen molar-refractivity contribution in [2.45, 2.75) is 28.5 Å². The average Bonchev–Trinajstić information content (AvgIpc) is 2.98. The second kappa shape index (κ2) is 5.57. The van der Waals surface area contributed by atoms with Gasteiger partial charge in [0, 0.05) is 0 Å². The van der Waals surface area contributed by atoms with Crippen molar-refractivity contribution in [1.29, 1.82) is 0 Å². The van der Waals surface area contributed by atoms with Crippen molar-refractivity contribution in [3.05, 3.63) is 54.4 Å². The Bertz CT molecular complexity index is 1030. The molecule has 1 atom stereocenters. The van der Waals surface area contributed by atoms with E-state index in [2.05, 4.69) is 9.97 Å². The zero-order valence-corrected chi connectivity index (χ0v) is 13.7. The quantitative estimate of drug-likeness (QED) is 0.742. The largest absolute Gasteiger partial charge is 0.424 e. The number of imidazole rings is 1. The van der Waals surface area contributed by atoms with Crippen molar-refractivity contribution in [2.75, 3.05) is 0 Å². The molecule has 0 saturated carbocycles. The lowest BCUT2D eigenvalue weighted by molar-refractivity contribution is -0.261. The highest BCUT2D eigenvalue weighted by molar-refractivity contribution is 7.91. The number of alkyl halides is 3. The number of aliphatic hydroxyl groups is 1. The maximum atomic E-state index is 12.9. The van der Waals surface area contributed by atoms with Crippen molar-refractivity contribution in [2.24, 2.45) is 0 Å². The first-order chi connectivity index (χ1) is 11.5. The van der Waals surface area contributed by atoms with Gasteiger partial charge in [-0.15, -0.1) is 0 Å². The van der Waals surface area contributed by atoms with E-state index in [0.717, 1.165) is 0 Å². The molecule has 0 spiro atoms. The molecule has 0 unspecified atom stereocenters. The number of sulfone groups is 1. The Morgan fingerprint density at radius 2 is 1.68 bits per heavy atom. The van der Waals surface area contributed by atoms with Crippen molar-refractivity contribution in [3.8, 4) is 0 Å². The van der Waals surface area contributed by atoms with E-state index in [1.54, 1.807) is 18.2 Å². The summed E-state index contributed by atoms with van der Waals surface area (Å²) in [7, 11) is -3.82. The molecule has 0 aliphatic heterocycles. The number of nitrogens with one attached hydrogen (secondary N) is 1. The molecule has 25 heavy (non-hydrogen) atoms. The molecule has 1 heterocycles. The fraction of sp³-hybridized carbons (Fsp3) is 0.188. The fourth-order valence-corrected chi connectivity index (χ4v) is 3.56.